The van der Waals surface area contributed by atoms with E-state index in [9.17, 15) is 24.9 Å². The number of carboxylic acids is 1. The van der Waals surface area contributed by atoms with E-state index < -0.39 is 35.3 Å². The van der Waals surface area contributed by atoms with Crippen LogP contribution in [0.15, 0.2) is 12.1 Å². The van der Waals surface area contributed by atoms with Crippen molar-refractivity contribution in [3.63, 3.8) is 0 Å². The Bertz CT molecular complexity index is 612. The van der Waals surface area contributed by atoms with E-state index in [0.29, 0.717) is 0 Å². The molecule has 3 N–H and O–H groups in total. The van der Waals surface area contributed by atoms with Crippen molar-refractivity contribution in [3.05, 3.63) is 34.4 Å². The zero-order valence-electron chi connectivity index (χ0n) is 14.0. The largest absolute Gasteiger partial charge is 0.480 e. The highest BCUT2D eigenvalue weighted by Gasteiger charge is 2.56. The van der Waals surface area contributed by atoms with Crippen LogP contribution in [0.5, 0.6) is 0 Å². The first-order valence-electron chi connectivity index (χ1n) is 7.79. The van der Waals surface area contributed by atoms with Crippen LogP contribution in [-0.4, -0.2) is 39.3 Å². The average molecular weight is 320 g/mol. The minimum absolute atomic E-state index is 0.0534. The van der Waals surface area contributed by atoms with Gasteiger partial charge in [0.05, 0.1) is 12.2 Å². The van der Waals surface area contributed by atoms with Gasteiger partial charge in [0, 0.05) is 5.92 Å². The average Bonchev–Trinajstić information content (AvgIpc) is 2.40. The van der Waals surface area contributed by atoms with Gasteiger partial charge in [0.15, 0.2) is 0 Å². The zero-order chi connectivity index (χ0) is 17.5. The molecule has 23 heavy (non-hydrogen) atoms. The van der Waals surface area contributed by atoms with Crippen LogP contribution in [0.25, 0.3) is 0 Å². The molecule has 0 spiro atoms. The Kier molecular flexibility index (Phi) is 4.64. The fourth-order valence-electron chi connectivity index (χ4n) is 4.09. The van der Waals surface area contributed by atoms with Crippen LogP contribution in [0.1, 0.15) is 47.9 Å². The van der Waals surface area contributed by atoms with E-state index in [2.05, 4.69) is 0 Å². The molecule has 1 aliphatic rings. The molecule has 0 radical (unpaired) electrons. The number of hydrogen-bond donors (Lipinski definition) is 3. The Morgan fingerprint density at radius 3 is 2.04 bits per heavy atom. The lowest BCUT2D eigenvalue weighted by Gasteiger charge is -2.44. The van der Waals surface area contributed by atoms with Crippen LogP contribution in [0, 0.1) is 26.2 Å². The number of aliphatic hydroxyl groups excluding tert-OH is 2. The molecule has 0 saturated heterocycles. The number of carbonyl (C=O) groups is 2. The van der Waals surface area contributed by atoms with Gasteiger partial charge in [-0.05, 0) is 57.2 Å². The SMILES string of the molecule is CC(=O)C1(C(=O)O)CC(O)C(O)CC1c1c(C)cc(C)cc1C. The number of aliphatic carboxylic acids is 1. The molecule has 1 saturated carbocycles. The Labute approximate surface area is 136 Å². The molecular weight excluding hydrogens is 296 g/mol. The van der Waals surface area contributed by atoms with E-state index in [4.69, 9.17) is 0 Å². The summed E-state index contributed by atoms with van der Waals surface area (Å²) in [4.78, 5) is 24.3. The molecule has 0 aromatic heterocycles. The van der Waals surface area contributed by atoms with Crippen molar-refractivity contribution < 1.29 is 24.9 Å². The Balaban J connectivity index is 2.69. The number of carbonyl (C=O) groups excluding carboxylic acids is 1. The minimum atomic E-state index is -1.70. The van der Waals surface area contributed by atoms with Gasteiger partial charge in [0.25, 0.3) is 0 Å². The van der Waals surface area contributed by atoms with Crippen LogP contribution in [0.4, 0.5) is 0 Å². The van der Waals surface area contributed by atoms with Crippen LogP contribution in [0.3, 0.4) is 0 Å². The molecule has 1 aromatic carbocycles. The van der Waals surface area contributed by atoms with Gasteiger partial charge in [0.1, 0.15) is 11.2 Å². The predicted octanol–water partition coefficient (Wildman–Crippen LogP) is 1.87. The Morgan fingerprint density at radius 2 is 1.61 bits per heavy atom. The van der Waals surface area contributed by atoms with E-state index in [1.165, 1.54) is 6.92 Å². The summed E-state index contributed by atoms with van der Waals surface area (Å²) < 4.78 is 0. The molecule has 5 nitrogen and oxygen atoms in total. The van der Waals surface area contributed by atoms with Crippen LogP contribution in [0.2, 0.25) is 0 Å². The standard InChI is InChI=1S/C18H24O5/c1-9-5-10(2)16(11(3)6-9)13-7-14(20)15(21)8-18(13,12(4)19)17(22)23/h5-6,13-15,20-21H,7-8H2,1-4H3,(H,22,23). The maximum absolute atomic E-state index is 12.3. The molecule has 4 atom stereocenters. The van der Waals surface area contributed by atoms with Gasteiger partial charge >= 0.3 is 5.97 Å². The van der Waals surface area contributed by atoms with E-state index >= 15 is 0 Å². The number of Topliss-reactive ketones (excluding diaryl/α,β-unsaturated/α-hetero) is 1. The van der Waals surface area contributed by atoms with Gasteiger partial charge in [-0.15, -0.1) is 0 Å². The second kappa shape index (κ2) is 6.06. The first-order chi connectivity index (χ1) is 10.6. The monoisotopic (exact) mass is 320 g/mol. The second-order valence-electron chi connectivity index (χ2n) is 6.77. The smallest absolute Gasteiger partial charge is 0.317 e. The maximum atomic E-state index is 12.3. The zero-order valence-corrected chi connectivity index (χ0v) is 14.0. The van der Waals surface area contributed by atoms with Crippen molar-refractivity contribution in [1.29, 1.82) is 0 Å². The molecule has 4 unspecified atom stereocenters. The normalized spacial score (nSPS) is 31.0. The van der Waals surface area contributed by atoms with Crippen molar-refractivity contribution in [1.82, 2.24) is 0 Å². The molecule has 0 bridgehead atoms. The highest BCUT2D eigenvalue weighted by atomic mass is 16.4. The van der Waals surface area contributed by atoms with E-state index in [1.807, 2.05) is 32.9 Å². The fourth-order valence-corrected chi connectivity index (χ4v) is 4.09. The molecule has 1 aromatic rings. The summed E-state index contributed by atoms with van der Waals surface area (Å²) in [6.45, 7) is 6.99. The molecule has 2 rings (SSSR count). The highest BCUT2D eigenvalue weighted by Crippen LogP contribution is 2.50. The van der Waals surface area contributed by atoms with Gasteiger partial charge in [-0.25, -0.2) is 0 Å². The fraction of sp³-hybridized carbons (Fsp3) is 0.556. The van der Waals surface area contributed by atoms with Gasteiger partial charge in [-0.1, -0.05) is 17.7 Å². The van der Waals surface area contributed by atoms with Crippen LogP contribution in [-0.2, 0) is 9.59 Å². The lowest BCUT2D eigenvalue weighted by Crippen LogP contribution is -2.53. The molecule has 0 aliphatic heterocycles. The first kappa shape index (κ1) is 17.6. The number of benzene rings is 1. The van der Waals surface area contributed by atoms with E-state index in [0.717, 1.165) is 22.3 Å². The van der Waals surface area contributed by atoms with Gasteiger partial charge in [-0.2, -0.15) is 0 Å². The molecule has 5 heteroatoms. The molecule has 0 amide bonds. The van der Waals surface area contributed by atoms with Crippen LogP contribution >= 0.6 is 0 Å². The van der Waals surface area contributed by atoms with Crippen molar-refractivity contribution in [2.45, 2.75) is 58.7 Å². The Hall–Kier alpha value is -1.72. The summed E-state index contributed by atoms with van der Waals surface area (Å²) in [5.74, 6) is -2.38. The quantitative estimate of drug-likeness (QED) is 0.739. The van der Waals surface area contributed by atoms with Crippen LogP contribution < -0.4 is 0 Å². The molecule has 126 valence electrons. The van der Waals surface area contributed by atoms with E-state index in [1.54, 1.807) is 0 Å². The van der Waals surface area contributed by atoms with Gasteiger partial charge in [0.2, 0.25) is 0 Å². The second-order valence-corrected chi connectivity index (χ2v) is 6.77. The number of rotatable bonds is 3. The van der Waals surface area contributed by atoms with Crippen molar-refractivity contribution >= 4 is 11.8 Å². The van der Waals surface area contributed by atoms with Crippen molar-refractivity contribution in [2.75, 3.05) is 0 Å². The summed E-state index contributed by atoms with van der Waals surface area (Å²) in [6.07, 6.45) is -2.46. The first-order valence-corrected chi connectivity index (χ1v) is 7.79. The predicted molar refractivity (Wildman–Crippen MR) is 85.4 cm³/mol. The summed E-state index contributed by atoms with van der Waals surface area (Å²) in [7, 11) is 0. The van der Waals surface area contributed by atoms with E-state index in [-0.39, 0.29) is 12.8 Å². The summed E-state index contributed by atoms with van der Waals surface area (Å²) in [6, 6.07) is 3.90. The van der Waals surface area contributed by atoms with Crippen molar-refractivity contribution in [3.8, 4) is 0 Å². The van der Waals surface area contributed by atoms with Crippen molar-refractivity contribution in [2.24, 2.45) is 5.41 Å². The maximum Gasteiger partial charge on any atom is 0.317 e. The third kappa shape index (κ3) is 2.79. The lowest BCUT2D eigenvalue weighted by atomic mass is 9.59. The molecule has 1 fully saturated rings. The number of aliphatic hydroxyl groups is 2. The lowest BCUT2D eigenvalue weighted by molar-refractivity contribution is -0.165. The highest BCUT2D eigenvalue weighted by molar-refractivity contribution is 6.03. The molecule has 0 heterocycles. The third-order valence-corrected chi connectivity index (χ3v) is 5.14. The topological polar surface area (TPSA) is 94.8 Å². The van der Waals surface area contributed by atoms with Gasteiger partial charge in [-0.3, -0.25) is 9.59 Å². The Morgan fingerprint density at radius 1 is 1.09 bits per heavy atom. The minimum Gasteiger partial charge on any atom is -0.480 e. The number of carboxylic acid groups (broad SMARTS) is 1. The molecular formula is C18H24O5. The molecule has 1 aliphatic carbocycles. The number of ketones is 1. The summed E-state index contributed by atoms with van der Waals surface area (Å²) in [5, 5.41) is 29.9. The summed E-state index contributed by atoms with van der Waals surface area (Å²) >= 11 is 0. The summed E-state index contributed by atoms with van der Waals surface area (Å²) in [5.41, 5.74) is 1.96. The third-order valence-electron chi connectivity index (χ3n) is 5.14. The number of aryl methyl sites for hydroxylation is 3. The van der Waals surface area contributed by atoms with Gasteiger partial charge < -0.3 is 15.3 Å². The number of hydrogen-bond acceptors (Lipinski definition) is 4.